The molecule has 0 unspecified atom stereocenters. The van der Waals surface area contributed by atoms with Gasteiger partial charge >= 0.3 is 0 Å². The van der Waals surface area contributed by atoms with Gasteiger partial charge in [-0.25, -0.2) is 0 Å². The quantitative estimate of drug-likeness (QED) is 0.835. The fourth-order valence-corrected chi connectivity index (χ4v) is 1.54. The largest absolute Gasteiger partial charge is 0.314 e. The second kappa shape index (κ2) is 4.50. The van der Waals surface area contributed by atoms with E-state index >= 15 is 0 Å². The van der Waals surface area contributed by atoms with E-state index in [1.807, 2.05) is 26.8 Å². The first-order valence-electron chi connectivity index (χ1n) is 5.41. The van der Waals surface area contributed by atoms with Gasteiger partial charge in [0.15, 0.2) is 0 Å². The highest BCUT2D eigenvalue weighted by Crippen LogP contribution is 2.31. The number of hydrogen-bond donors (Lipinski definition) is 1. The van der Waals surface area contributed by atoms with Crippen molar-refractivity contribution in [2.45, 2.75) is 32.1 Å². The zero-order valence-corrected chi connectivity index (χ0v) is 10.3. The third kappa shape index (κ3) is 3.01. The highest BCUT2D eigenvalue weighted by molar-refractivity contribution is 5.31. The average molecular weight is 227 g/mol. The lowest BCUT2D eigenvalue weighted by atomic mass is 9.85. The molecule has 0 aliphatic heterocycles. The summed E-state index contributed by atoms with van der Waals surface area (Å²) >= 11 is 0. The minimum absolute atomic E-state index is 0.0780. The van der Waals surface area contributed by atoms with Crippen LogP contribution in [0, 0.1) is 0 Å². The molecular formula is C13H19F2N. The first-order valence-corrected chi connectivity index (χ1v) is 5.41. The maximum atomic E-state index is 13.7. The van der Waals surface area contributed by atoms with Gasteiger partial charge in [0.05, 0.1) is 6.54 Å². The molecule has 0 spiro atoms. The van der Waals surface area contributed by atoms with E-state index in [1.165, 1.54) is 13.1 Å². The molecule has 1 N–H and O–H groups in total. The number of benzene rings is 1. The SMILES string of the molecule is CNCC(F)(F)c1cccc(C(C)(C)C)c1. The predicted molar refractivity (Wildman–Crippen MR) is 63.0 cm³/mol. The Morgan fingerprint density at radius 2 is 1.69 bits per heavy atom. The Kier molecular flexibility index (Phi) is 3.68. The summed E-state index contributed by atoms with van der Waals surface area (Å²) in [6.07, 6.45) is 0. The van der Waals surface area contributed by atoms with Crippen LogP contribution in [0.5, 0.6) is 0 Å². The molecule has 0 saturated heterocycles. The Morgan fingerprint density at radius 3 is 2.19 bits per heavy atom. The number of halogens is 2. The van der Waals surface area contributed by atoms with Crippen LogP contribution in [0.25, 0.3) is 0 Å². The minimum Gasteiger partial charge on any atom is -0.314 e. The van der Waals surface area contributed by atoms with Crippen molar-refractivity contribution in [1.82, 2.24) is 5.32 Å². The summed E-state index contributed by atoms with van der Waals surface area (Å²) in [7, 11) is 1.53. The number of hydrogen-bond acceptors (Lipinski definition) is 1. The van der Waals surface area contributed by atoms with Crippen LogP contribution in [0.2, 0.25) is 0 Å². The number of nitrogens with one attached hydrogen (secondary N) is 1. The Morgan fingerprint density at radius 1 is 1.12 bits per heavy atom. The van der Waals surface area contributed by atoms with Gasteiger partial charge in [0, 0.05) is 5.56 Å². The third-order valence-corrected chi connectivity index (χ3v) is 2.55. The summed E-state index contributed by atoms with van der Waals surface area (Å²) in [4.78, 5) is 0. The van der Waals surface area contributed by atoms with Crippen molar-refractivity contribution < 1.29 is 8.78 Å². The molecule has 3 heteroatoms. The molecule has 0 aromatic heterocycles. The molecule has 0 atom stereocenters. The van der Waals surface area contributed by atoms with Gasteiger partial charge in [-0.05, 0) is 24.1 Å². The predicted octanol–water partition coefficient (Wildman–Crippen LogP) is 3.30. The van der Waals surface area contributed by atoms with E-state index in [9.17, 15) is 8.78 Å². The summed E-state index contributed by atoms with van der Waals surface area (Å²) in [6.45, 7) is 5.72. The lowest BCUT2D eigenvalue weighted by molar-refractivity contribution is -0.00137. The summed E-state index contributed by atoms with van der Waals surface area (Å²) in [5.74, 6) is -2.81. The topological polar surface area (TPSA) is 12.0 Å². The molecule has 0 amide bonds. The first-order chi connectivity index (χ1) is 7.27. The highest BCUT2D eigenvalue weighted by atomic mass is 19.3. The van der Waals surface area contributed by atoms with E-state index in [-0.39, 0.29) is 17.5 Å². The van der Waals surface area contributed by atoms with Crippen molar-refractivity contribution in [3.63, 3.8) is 0 Å². The van der Waals surface area contributed by atoms with Crippen molar-refractivity contribution in [2.24, 2.45) is 0 Å². The lowest BCUT2D eigenvalue weighted by Crippen LogP contribution is -2.28. The number of likely N-dealkylation sites (N-methyl/N-ethyl adjacent to an activating group) is 1. The second-order valence-corrected chi connectivity index (χ2v) is 5.07. The van der Waals surface area contributed by atoms with E-state index in [4.69, 9.17) is 0 Å². The Labute approximate surface area is 95.9 Å². The van der Waals surface area contributed by atoms with Crippen molar-refractivity contribution >= 4 is 0 Å². The maximum Gasteiger partial charge on any atom is 0.285 e. The van der Waals surface area contributed by atoms with Gasteiger partial charge in [-0.3, -0.25) is 0 Å². The Bertz CT molecular complexity index is 353. The fourth-order valence-electron chi connectivity index (χ4n) is 1.54. The van der Waals surface area contributed by atoms with Crippen LogP contribution in [0.4, 0.5) is 8.78 Å². The van der Waals surface area contributed by atoms with Gasteiger partial charge in [-0.1, -0.05) is 39.0 Å². The van der Waals surface area contributed by atoms with Gasteiger partial charge in [0.25, 0.3) is 5.92 Å². The molecule has 0 radical (unpaired) electrons. The molecule has 0 aliphatic carbocycles. The van der Waals surface area contributed by atoms with E-state index in [0.29, 0.717) is 0 Å². The molecule has 1 aromatic rings. The van der Waals surface area contributed by atoms with Gasteiger partial charge in [-0.2, -0.15) is 8.78 Å². The monoisotopic (exact) mass is 227 g/mol. The fraction of sp³-hybridized carbons (Fsp3) is 0.538. The van der Waals surface area contributed by atoms with Crippen LogP contribution >= 0.6 is 0 Å². The summed E-state index contributed by atoms with van der Waals surface area (Å²) in [5, 5.41) is 2.51. The molecule has 1 aromatic carbocycles. The van der Waals surface area contributed by atoms with Gasteiger partial charge < -0.3 is 5.32 Å². The molecule has 16 heavy (non-hydrogen) atoms. The molecule has 1 nitrogen and oxygen atoms in total. The van der Waals surface area contributed by atoms with Crippen LogP contribution < -0.4 is 5.32 Å². The molecule has 0 saturated carbocycles. The Hall–Kier alpha value is -0.960. The normalized spacial score (nSPS) is 12.9. The van der Waals surface area contributed by atoms with Crippen molar-refractivity contribution in [2.75, 3.05) is 13.6 Å². The van der Waals surface area contributed by atoms with E-state index < -0.39 is 5.92 Å². The van der Waals surface area contributed by atoms with Crippen LogP contribution in [0.1, 0.15) is 31.9 Å². The molecule has 1 rings (SSSR count). The van der Waals surface area contributed by atoms with Gasteiger partial charge in [0.2, 0.25) is 0 Å². The van der Waals surface area contributed by atoms with Crippen molar-refractivity contribution in [3.8, 4) is 0 Å². The van der Waals surface area contributed by atoms with Gasteiger partial charge in [-0.15, -0.1) is 0 Å². The van der Waals surface area contributed by atoms with E-state index in [2.05, 4.69) is 5.32 Å². The first kappa shape index (κ1) is 13.1. The second-order valence-electron chi connectivity index (χ2n) is 5.07. The van der Waals surface area contributed by atoms with E-state index in [1.54, 1.807) is 12.1 Å². The standard InChI is InChI=1S/C13H19F2N/c1-12(2,3)10-6-5-7-11(8-10)13(14,15)9-16-4/h5-8,16H,9H2,1-4H3. The van der Waals surface area contributed by atoms with Crippen LogP contribution in [-0.2, 0) is 11.3 Å². The van der Waals surface area contributed by atoms with Crippen molar-refractivity contribution in [3.05, 3.63) is 35.4 Å². The van der Waals surface area contributed by atoms with Crippen LogP contribution in [0.3, 0.4) is 0 Å². The third-order valence-electron chi connectivity index (χ3n) is 2.55. The zero-order chi connectivity index (χ0) is 12.4. The summed E-state index contributed by atoms with van der Waals surface area (Å²) < 4.78 is 27.3. The smallest absolute Gasteiger partial charge is 0.285 e. The number of alkyl halides is 2. The average Bonchev–Trinajstić information content (AvgIpc) is 2.16. The molecule has 0 heterocycles. The molecule has 0 aliphatic rings. The van der Waals surface area contributed by atoms with E-state index in [0.717, 1.165) is 5.56 Å². The molecule has 0 bridgehead atoms. The summed E-state index contributed by atoms with van der Waals surface area (Å²) in [6, 6.07) is 6.66. The number of rotatable bonds is 3. The van der Waals surface area contributed by atoms with Gasteiger partial charge in [0.1, 0.15) is 0 Å². The van der Waals surface area contributed by atoms with Crippen LogP contribution in [-0.4, -0.2) is 13.6 Å². The summed E-state index contributed by atoms with van der Waals surface area (Å²) in [5.41, 5.74) is 0.904. The zero-order valence-electron chi connectivity index (χ0n) is 10.3. The molecule has 90 valence electrons. The van der Waals surface area contributed by atoms with Crippen LogP contribution in [0.15, 0.2) is 24.3 Å². The lowest BCUT2D eigenvalue weighted by Gasteiger charge is -2.22. The molecule has 0 fully saturated rings. The highest BCUT2D eigenvalue weighted by Gasteiger charge is 2.31. The maximum absolute atomic E-state index is 13.7. The minimum atomic E-state index is -2.81. The van der Waals surface area contributed by atoms with Crippen molar-refractivity contribution in [1.29, 1.82) is 0 Å². The molecular weight excluding hydrogens is 208 g/mol. The Balaban J connectivity index is 3.08.